The summed E-state index contributed by atoms with van der Waals surface area (Å²) in [5.74, 6) is 0.00965. The van der Waals surface area contributed by atoms with E-state index in [-0.39, 0.29) is 17.9 Å². The van der Waals surface area contributed by atoms with Gasteiger partial charge in [0.2, 0.25) is 5.91 Å². The third-order valence-electron chi connectivity index (χ3n) is 5.12. The van der Waals surface area contributed by atoms with E-state index < -0.39 is 0 Å². The first-order valence-electron chi connectivity index (χ1n) is 9.17. The Morgan fingerprint density at radius 3 is 2.85 bits per heavy atom. The molecule has 1 fully saturated rings. The quantitative estimate of drug-likeness (QED) is 0.892. The molecule has 5 nitrogen and oxygen atoms in total. The maximum Gasteiger partial charge on any atom is 0.251 e. The zero-order valence-corrected chi connectivity index (χ0v) is 14.7. The molecule has 2 aromatic carbocycles. The number of nitrogens with zero attached hydrogens (tertiary/aromatic N) is 1. The molecule has 1 atom stereocenters. The Kier molecular flexibility index (Phi) is 4.71. The topological polar surface area (TPSA) is 61.4 Å². The van der Waals surface area contributed by atoms with Crippen LogP contribution in [0.15, 0.2) is 48.5 Å². The fraction of sp³-hybridized carbons (Fsp3) is 0.333. The first-order valence-corrected chi connectivity index (χ1v) is 9.17. The van der Waals surface area contributed by atoms with Crippen molar-refractivity contribution in [2.45, 2.75) is 31.8 Å². The molecule has 0 unspecified atom stereocenters. The molecule has 2 aliphatic heterocycles. The van der Waals surface area contributed by atoms with Gasteiger partial charge in [0.25, 0.3) is 5.91 Å². The summed E-state index contributed by atoms with van der Waals surface area (Å²) in [4.78, 5) is 26.4. The zero-order chi connectivity index (χ0) is 17.9. The lowest BCUT2D eigenvalue weighted by Gasteiger charge is -2.19. The van der Waals surface area contributed by atoms with E-state index in [4.69, 9.17) is 0 Å². The van der Waals surface area contributed by atoms with Gasteiger partial charge in [-0.3, -0.25) is 14.5 Å². The standard InChI is InChI=1S/C21H23N3O2/c25-20-9-7-16-12-17(6-8-19(16)23-20)21(26)22-18-10-11-24(14-18)13-15-4-2-1-3-5-15/h1-6,8,12,18H,7,9-11,13-14H2,(H,22,26)(H,23,25)/t18-/m1/s1. The number of anilines is 1. The molecule has 5 heteroatoms. The maximum absolute atomic E-state index is 12.6. The monoisotopic (exact) mass is 349 g/mol. The predicted octanol–water partition coefficient (Wildman–Crippen LogP) is 2.58. The van der Waals surface area contributed by atoms with Gasteiger partial charge in [-0.15, -0.1) is 0 Å². The molecule has 26 heavy (non-hydrogen) atoms. The molecule has 0 aromatic heterocycles. The number of likely N-dealkylation sites (tertiary alicyclic amines) is 1. The molecule has 0 aliphatic carbocycles. The van der Waals surface area contributed by atoms with Crippen LogP contribution < -0.4 is 10.6 Å². The molecular formula is C21H23N3O2. The summed E-state index contributed by atoms with van der Waals surface area (Å²) in [7, 11) is 0. The van der Waals surface area contributed by atoms with Crippen molar-refractivity contribution in [2.24, 2.45) is 0 Å². The van der Waals surface area contributed by atoms with Crippen LogP contribution in [-0.4, -0.2) is 35.8 Å². The number of nitrogens with one attached hydrogen (secondary N) is 2. The molecular weight excluding hydrogens is 326 g/mol. The number of carbonyl (C=O) groups excluding carboxylic acids is 2. The minimum atomic E-state index is -0.0312. The number of rotatable bonds is 4. The normalized spacial score (nSPS) is 19.7. The molecule has 2 aliphatic rings. The van der Waals surface area contributed by atoms with Crippen molar-refractivity contribution < 1.29 is 9.59 Å². The highest BCUT2D eigenvalue weighted by atomic mass is 16.2. The summed E-state index contributed by atoms with van der Waals surface area (Å²) in [6.45, 7) is 2.80. The van der Waals surface area contributed by atoms with Gasteiger partial charge in [0.05, 0.1) is 0 Å². The fourth-order valence-electron chi connectivity index (χ4n) is 3.73. The number of aryl methyl sites for hydroxylation is 1. The van der Waals surface area contributed by atoms with Crippen molar-refractivity contribution in [3.8, 4) is 0 Å². The lowest BCUT2D eigenvalue weighted by molar-refractivity contribution is -0.116. The first kappa shape index (κ1) is 16.8. The van der Waals surface area contributed by atoms with Crippen molar-refractivity contribution >= 4 is 17.5 Å². The zero-order valence-electron chi connectivity index (χ0n) is 14.7. The van der Waals surface area contributed by atoms with Gasteiger partial charge in [-0.2, -0.15) is 0 Å². The van der Waals surface area contributed by atoms with Crippen LogP contribution >= 0.6 is 0 Å². The summed E-state index contributed by atoms with van der Waals surface area (Å²) >= 11 is 0. The lowest BCUT2D eigenvalue weighted by Crippen LogP contribution is -2.37. The average molecular weight is 349 g/mol. The molecule has 4 rings (SSSR count). The van der Waals surface area contributed by atoms with Crippen molar-refractivity contribution in [1.29, 1.82) is 0 Å². The van der Waals surface area contributed by atoms with Gasteiger partial charge in [0.15, 0.2) is 0 Å². The van der Waals surface area contributed by atoms with Crippen LogP contribution in [0.2, 0.25) is 0 Å². The molecule has 0 spiro atoms. The highest BCUT2D eigenvalue weighted by Crippen LogP contribution is 2.24. The highest BCUT2D eigenvalue weighted by Gasteiger charge is 2.25. The number of amides is 2. The van der Waals surface area contributed by atoms with Gasteiger partial charge >= 0.3 is 0 Å². The largest absolute Gasteiger partial charge is 0.348 e. The number of benzene rings is 2. The Balaban J connectivity index is 1.35. The van der Waals surface area contributed by atoms with Gasteiger partial charge < -0.3 is 10.6 Å². The van der Waals surface area contributed by atoms with Gasteiger partial charge in [-0.1, -0.05) is 30.3 Å². The Labute approximate surface area is 153 Å². The molecule has 0 saturated carbocycles. The van der Waals surface area contributed by atoms with E-state index in [1.165, 1.54) is 5.56 Å². The second kappa shape index (κ2) is 7.30. The summed E-state index contributed by atoms with van der Waals surface area (Å²) in [6, 6.07) is 16.1. The van der Waals surface area contributed by atoms with Crippen molar-refractivity contribution in [1.82, 2.24) is 10.2 Å². The minimum Gasteiger partial charge on any atom is -0.348 e. The smallest absolute Gasteiger partial charge is 0.251 e. The average Bonchev–Trinajstić information content (AvgIpc) is 3.08. The SMILES string of the molecule is O=C1CCc2cc(C(=O)N[C@@H]3CCN(Cc4ccccc4)C3)ccc2N1. The van der Waals surface area contributed by atoms with E-state index >= 15 is 0 Å². The predicted molar refractivity (Wildman–Crippen MR) is 101 cm³/mol. The van der Waals surface area contributed by atoms with E-state index in [0.29, 0.717) is 18.4 Å². The maximum atomic E-state index is 12.6. The lowest BCUT2D eigenvalue weighted by atomic mass is 10.00. The Morgan fingerprint density at radius 1 is 1.15 bits per heavy atom. The van der Waals surface area contributed by atoms with Crippen LogP contribution in [0.5, 0.6) is 0 Å². The molecule has 2 aromatic rings. The van der Waals surface area contributed by atoms with E-state index in [0.717, 1.165) is 37.3 Å². The van der Waals surface area contributed by atoms with Gasteiger partial charge in [-0.25, -0.2) is 0 Å². The van der Waals surface area contributed by atoms with E-state index in [2.05, 4.69) is 39.8 Å². The second-order valence-corrected chi connectivity index (χ2v) is 7.10. The van der Waals surface area contributed by atoms with Crippen molar-refractivity contribution in [2.75, 3.05) is 18.4 Å². The van der Waals surface area contributed by atoms with Crippen LogP contribution in [-0.2, 0) is 17.8 Å². The number of hydrogen-bond donors (Lipinski definition) is 2. The Bertz CT molecular complexity index is 819. The highest BCUT2D eigenvalue weighted by molar-refractivity contribution is 5.98. The number of fused-ring (bicyclic) bond motifs is 1. The minimum absolute atomic E-state index is 0.0312. The summed E-state index contributed by atoms with van der Waals surface area (Å²) in [6.07, 6.45) is 2.14. The Morgan fingerprint density at radius 2 is 2.00 bits per heavy atom. The van der Waals surface area contributed by atoms with E-state index in [1.54, 1.807) is 6.07 Å². The molecule has 2 amide bonds. The third kappa shape index (κ3) is 3.78. The van der Waals surface area contributed by atoms with Crippen LogP contribution in [0.1, 0.15) is 34.3 Å². The van der Waals surface area contributed by atoms with Crippen molar-refractivity contribution in [3.05, 3.63) is 65.2 Å². The molecule has 2 heterocycles. The Hall–Kier alpha value is -2.66. The molecule has 0 radical (unpaired) electrons. The number of carbonyl (C=O) groups is 2. The third-order valence-corrected chi connectivity index (χ3v) is 5.12. The molecule has 134 valence electrons. The number of hydrogen-bond acceptors (Lipinski definition) is 3. The van der Waals surface area contributed by atoms with Crippen molar-refractivity contribution in [3.63, 3.8) is 0 Å². The molecule has 2 N–H and O–H groups in total. The first-order chi connectivity index (χ1) is 12.7. The van der Waals surface area contributed by atoms with Crippen LogP contribution in [0, 0.1) is 0 Å². The van der Waals surface area contributed by atoms with Gasteiger partial charge in [0.1, 0.15) is 0 Å². The summed E-state index contributed by atoms with van der Waals surface area (Å²) in [5, 5.41) is 6.01. The fourth-order valence-corrected chi connectivity index (χ4v) is 3.73. The summed E-state index contributed by atoms with van der Waals surface area (Å²) < 4.78 is 0. The van der Waals surface area contributed by atoms with Gasteiger partial charge in [0, 0.05) is 43.3 Å². The van der Waals surface area contributed by atoms with Crippen LogP contribution in [0.25, 0.3) is 0 Å². The molecule has 1 saturated heterocycles. The van der Waals surface area contributed by atoms with E-state index in [9.17, 15) is 9.59 Å². The van der Waals surface area contributed by atoms with E-state index in [1.807, 2.05) is 18.2 Å². The summed E-state index contributed by atoms with van der Waals surface area (Å²) in [5.41, 5.74) is 3.83. The van der Waals surface area contributed by atoms with Gasteiger partial charge in [-0.05, 0) is 42.2 Å². The van der Waals surface area contributed by atoms with Crippen LogP contribution in [0.3, 0.4) is 0 Å². The second-order valence-electron chi connectivity index (χ2n) is 7.10. The molecule has 0 bridgehead atoms. The van der Waals surface area contributed by atoms with Crippen LogP contribution in [0.4, 0.5) is 5.69 Å².